The van der Waals surface area contributed by atoms with Crippen molar-refractivity contribution in [3.63, 3.8) is 0 Å². The van der Waals surface area contributed by atoms with Crippen molar-refractivity contribution in [1.82, 2.24) is 24.3 Å². The van der Waals surface area contributed by atoms with E-state index in [1.165, 1.54) is 13.1 Å². The van der Waals surface area contributed by atoms with E-state index in [4.69, 9.17) is 4.74 Å². The maximum Gasteiger partial charge on any atom is 0.302 e. The highest BCUT2D eigenvalue weighted by Crippen LogP contribution is 2.35. The van der Waals surface area contributed by atoms with Crippen molar-refractivity contribution >= 4 is 34.5 Å². The van der Waals surface area contributed by atoms with Crippen LogP contribution >= 0.6 is 0 Å². The van der Waals surface area contributed by atoms with Gasteiger partial charge in [-0.15, -0.1) is 0 Å². The SMILES string of the molecule is CC(=O)OCCN(Cc1ccccc1)C(=O)c1cnc(N2CCN(C(=O)c3c(-c4ccccc4)n(C)c4ccc(C)cc34)CC2)cn1. The first-order valence-corrected chi connectivity index (χ1v) is 15.8. The highest BCUT2D eigenvalue weighted by Gasteiger charge is 2.29. The Morgan fingerprint density at radius 3 is 2.23 bits per heavy atom. The number of esters is 1. The van der Waals surface area contributed by atoms with Crippen LogP contribution in [0.25, 0.3) is 22.2 Å². The van der Waals surface area contributed by atoms with Gasteiger partial charge in [-0.3, -0.25) is 14.4 Å². The normalized spacial score (nSPS) is 13.1. The molecule has 0 unspecified atom stereocenters. The summed E-state index contributed by atoms with van der Waals surface area (Å²) in [5.74, 6) is -0.0326. The number of carbonyl (C=O) groups excluding carboxylic acids is 3. The second-order valence-electron chi connectivity index (χ2n) is 11.8. The van der Waals surface area contributed by atoms with Gasteiger partial charge in [-0.1, -0.05) is 72.3 Å². The predicted molar refractivity (Wildman–Crippen MR) is 181 cm³/mol. The highest BCUT2D eigenvalue weighted by atomic mass is 16.5. The summed E-state index contributed by atoms with van der Waals surface area (Å²) in [7, 11) is 2.02. The lowest BCUT2D eigenvalue weighted by atomic mass is 10.0. The number of anilines is 1. The van der Waals surface area contributed by atoms with E-state index in [2.05, 4.69) is 37.6 Å². The Balaban J connectivity index is 1.16. The van der Waals surface area contributed by atoms with Crippen LogP contribution < -0.4 is 4.90 Å². The van der Waals surface area contributed by atoms with Gasteiger partial charge < -0.3 is 24.0 Å². The lowest BCUT2D eigenvalue weighted by Gasteiger charge is -2.35. The van der Waals surface area contributed by atoms with Gasteiger partial charge >= 0.3 is 5.97 Å². The third-order valence-corrected chi connectivity index (χ3v) is 8.53. The molecule has 0 N–H and O–H groups in total. The standard InChI is InChI=1S/C37H38N6O4/c1-26-14-15-32-30(22-26)34(35(40(32)3)29-12-8-5-9-13-29)37(46)42-18-16-41(17-19-42)33-24-38-31(23-39-33)36(45)43(20-21-47-27(2)44)25-28-10-6-4-7-11-28/h4-15,22-24H,16-21,25H2,1-3H3. The number of aromatic nitrogens is 3. The molecule has 240 valence electrons. The number of aryl methyl sites for hydroxylation is 2. The fourth-order valence-corrected chi connectivity index (χ4v) is 6.12. The molecule has 1 saturated heterocycles. The molecule has 2 aromatic heterocycles. The quantitative estimate of drug-likeness (QED) is 0.209. The van der Waals surface area contributed by atoms with Crippen molar-refractivity contribution < 1.29 is 19.1 Å². The Hall–Kier alpha value is -5.51. The van der Waals surface area contributed by atoms with Gasteiger partial charge in [0.1, 0.15) is 18.1 Å². The zero-order valence-corrected chi connectivity index (χ0v) is 26.9. The van der Waals surface area contributed by atoms with Crippen molar-refractivity contribution in [3.8, 4) is 11.3 Å². The third-order valence-electron chi connectivity index (χ3n) is 8.53. The molecule has 0 spiro atoms. The van der Waals surface area contributed by atoms with E-state index in [-0.39, 0.29) is 30.7 Å². The molecule has 0 bridgehead atoms. The average Bonchev–Trinajstić information content (AvgIpc) is 3.38. The van der Waals surface area contributed by atoms with Crippen LogP contribution in [-0.2, 0) is 23.1 Å². The Bertz CT molecular complexity index is 1880. The Morgan fingerprint density at radius 2 is 1.57 bits per heavy atom. The summed E-state index contributed by atoms with van der Waals surface area (Å²) in [6, 6.07) is 25.9. The van der Waals surface area contributed by atoms with Gasteiger partial charge in [0, 0.05) is 57.6 Å². The topological polar surface area (TPSA) is 101 Å². The number of amides is 2. The van der Waals surface area contributed by atoms with Crippen molar-refractivity contribution in [3.05, 3.63) is 114 Å². The number of hydrogen-bond donors (Lipinski definition) is 0. The van der Waals surface area contributed by atoms with E-state index in [1.807, 2.05) is 79.5 Å². The summed E-state index contributed by atoms with van der Waals surface area (Å²) < 4.78 is 7.21. The molecule has 6 rings (SSSR count). The molecule has 3 heterocycles. The summed E-state index contributed by atoms with van der Waals surface area (Å²) in [5, 5.41) is 0.957. The number of piperazine rings is 1. The molecule has 0 atom stereocenters. The first-order chi connectivity index (χ1) is 22.8. The van der Waals surface area contributed by atoms with Gasteiger partial charge in [-0.25, -0.2) is 9.97 Å². The fourth-order valence-electron chi connectivity index (χ4n) is 6.12. The van der Waals surface area contributed by atoms with Gasteiger partial charge in [0.25, 0.3) is 11.8 Å². The monoisotopic (exact) mass is 630 g/mol. The molecule has 1 aliphatic heterocycles. The zero-order chi connectivity index (χ0) is 32.9. The second kappa shape index (κ2) is 13.9. The van der Waals surface area contributed by atoms with Crippen LogP contribution in [0.2, 0.25) is 0 Å². The minimum atomic E-state index is -0.396. The number of fused-ring (bicyclic) bond motifs is 1. The van der Waals surface area contributed by atoms with E-state index in [0.717, 1.165) is 38.9 Å². The van der Waals surface area contributed by atoms with E-state index in [0.29, 0.717) is 38.5 Å². The van der Waals surface area contributed by atoms with Gasteiger partial charge in [0.05, 0.1) is 30.2 Å². The largest absolute Gasteiger partial charge is 0.464 e. The molecule has 0 saturated carbocycles. The predicted octanol–water partition coefficient (Wildman–Crippen LogP) is 5.11. The summed E-state index contributed by atoms with van der Waals surface area (Å²) in [6.45, 7) is 6.28. The van der Waals surface area contributed by atoms with E-state index < -0.39 is 5.97 Å². The Labute approximate surface area is 274 Å². The van der Waals surface area contributed by atoms with Gasteiger partial charge in [-0.2, -0.15) is 0 Å². The van der Waals surface area contributed by atoms with E-state index >= 15 is 0 Å². The highest BCUT2D eigenvalue weighted by molar-refractivity contribution is 6.13. The molecule has 10 heteroatoms. The number of rotatable bonds is 9. The Kier molecular flexibility index (Phi) is 9.28. The van der Waals surface area contributed by atoms with Crippen LogP contribution in [-0.4, -0.2) is 81.4 Å². The van der Waals surface area contributed by atoms with E-state index in [9.17, 15) is 14.4 Å². The summed E-state index contributed by atoms with van der Waals surface area (Å²) in [5.41, 5.74) is 5.94. The number of carbonyl (C=O) groups is 3. The van der Waals surface area contributed by atoms with Crippen molar-refractivity contribution in [2.24, 2.45) is 7.05 Å². The molecule has 0 radical (unpaired) electrons. The van der Waals surface area contributed by atoms with Crippen LogP contribution in [0.4, 0.5) is 5.82 Å². The first-order valence-electron chi connectivity index (χ1n) is 15.8. The summed E-state index contributed by atoms with van der Waals surface area (Å²) in [4.78, 5) is 53.6. The number of benzene rings is 3. The van der Waals surface area contributed by atoms with Gasteiger partial charge in [0.15, 0.2) is 0 Å². The average molecular weight is 631 g/mol. The number of hydrogen-bond acceptors (Lipinski definition) is 7. The number of nitrogens with zero attached hydrogens (tertiary/aromatic N) is 6. The molecule has 2 amide bonds. The molecule has 3 aromatic carbocycles. The Morgan fingerprint density at radius 1 is 0.872 bits per heavy atom. The van der Waals surface area contributed by atoms with Crippen LogP contribution in [0.5, 0.6) is 0 Å². The van der Waals surface area contributed by atoms with E-state index in [1.54, 1.807) is 11.1 Å². The van der Waals surface area contributed by atoms with Crippen LogP contribution in [0, 0.1) is 6.92 Å². The minimum Gasteiger partial charge on any atom is -0.464 e. The zero-order valence-electron chi connectivity index (χ0n) is 26.9. The molecule has 10 nitrogen and oxygen atoms in total. The molecular formula is C37H38N6O4. The van der Waals surface area contributed by atoms with Crippen LogP contribution in [0.3, 0.4) is 0 Å². The smallest absolute Gasteiger partial charge is 0.302 e. The van der Waals surface area contributed by atoms with Crippen molar-refractivity contribution in [2.75, 3.05) is 44.2 Å². The first kappa shape index (κ1) is 31.5. The van der Waals surface area contributed by atoms with Crippen LogP contribution in [0.15, 0.2) is 91.3 Å². The minimum absolute atomic E-state index is 0.0130. The number of ether oxygens (including phenoxy) is 1. The molecular weight excluding hydrogens is 592 g/mol. The maximum atomic E-state index is 14.2. The van der Waals surface area contributed by atoms with Crippen molar-refractivity contribution in [2.45, 2.75) is 20.4 Å². The molecule has 47 heavy (non-hydrogen) atoms. The lowest BCUT2D eigenvalue weighted by Crippen LogP contribution is -2.49. The molecule has 1 fully saturated rings. The summed E-state index contributed by atoms with van der Waals surface area (Å²) in [6.07, 6.45) is 3.10. The fraction of sp³-hybridized carbons (Fsp3) is 0.270. The summed E-state index contributed by atoms with van der Waals surface area (Å²) >= 11 is 0. The molecule has 5 aromatic rings. The van der Waals surface area contributed by atoms with Gasteiger partial charge in [-0.05, 0) is 30.2 Å². The third kappa shape index (κ3) is 6.86. The second-order valence-corrected chi connectivity index (χ2v) is 11.8. The molecule has 1 aliphatic rings. The van der Waals surface area contributed by atoms with Gasteiger partial charge in [0.2, 0.25) is 0 Å². The van der Waals surface area contributed by atoms with Crippen LogP contribution in [0.1, 0.15) is 38.9 Å². The maximum absolute atomic E-state index is 14.2. The molecule has 0 aliphatic carbocycles. The van der Waals surface area contributed by atoms with Crippen molar-refractivity contribution in [1.29, 1.82) is 0 Å². The lowest BCUT2D eigenvalue weighted by molar-refractivity contribution is -0.141.